The molecule has 30 heavy (non-hydrogen) atoms. The molecule has 1 saturated carbocycles. The summed E-state index contributed by atoms with van der Waals surface area (Å²) in [5.41, 5.74) is 2.05. The third kappa shape index (κ3) is 4.48. The molecule has 0 saturated heterocycles. The molecular weight excluding hydrogens is 420 g/mol. The highest BCUT2D eigenvalue weighted by molar-refractivity contribution is 7.89. The second-order valence-electron chi connectivity index (χ2n) is 7.91. The summed E-state index contributed by atoms with van der Waals surface area (Å²) in [6, 6.07) is 1.69. The predicted molar refractivity (Wildman–Crippen MR) is 120 cm³/mol. The molecule has 1 aliphatic rings. The lowest BCUT2D eigenvalue weighted by Crippen LogP contribution is -2.36. The van der Waals surface area contributed by atoms with Crippen molar-refractivity contribution in [2.24, 2.45) is 7.05 Å². The fourth-order valence-corrected chi connectivity index (χ4v) is 6.69. The average Bonchev–Trinajstić information content (AvgIpc) is 3.23. The summed E-state index contributed by atoms with van der Waals surface area (Å²) < 4.78 is 30.9. The molecule has 9 heteroatoms. The highest BCUT2D eigenvalue weighted by atomic mass is 32.2. The van der Waals surface area contributed by atoms with Crippen LogP contribution in [0.4, 0.5) is 0 Å². The molecule has 166 valence electrons. The maximum Gasteiger partial charge on any atom is 0.265 e. The van der Waals surface area contributed by atoms with Crippen molar-refractivity contribution < 1.29 is 13.2 Å². The zero-order chi connectivity index (χ0) is 22.1. The van der Waals surface area contributed by atoms with E-state index in [1.165, 1.54) is 17.8 Å². The predicted octanol–water partition coefficient (Wildman–Crippen LogP) is 3.86. The summed E-state index contributed by atoms with van der Waals surface area (Å²) in [6.07, 6.45) is 5.08. The molecule has 2 heterocycles. The molecule has 2 aromatic heterocycles. The van der Waals surface area contributed by atoms with Crippen LogP contribution in [0.15, 0.2) is 11.0 Å². The highest BCUT2D eigenvalue weighted by Crippen LogP contribution is 2.33. The van der Waals surface area contributed by atoms with Crippen molar-refractivity contribution in [2.45, 2.75) is 70.7 Å². The molecule has 0 aromatic carbocycles. The molecule has 1 N–H and O–H groups in total. The van der Waals surface area contributed by atoms with Gasteiger partial charge in [0.1, 0.15) is 14.8 Å². The largest absolute Gasteiger partial charge is 0.345 e. The van der Waals surface area contributed by atoms with E-state index in [9.17, 15) is 13.2 Å². The van der Waals surface area contributed by atoms with Gasteiger partial charge in [-0.3, -0.25) is 4.79 Å². The molecule has 0 unspecified atom stereocenters. The summed E-state index contributed by atoms with van der Waals surface area (Å²) >= 11 is 1.32. The average molecular weight is 453 g/mol. The fourth-order valence-electron chi connectivity index (χ4n) is 4.01. The fraction of sp³-hybridized carbons (Fsp3) is 0.619. The molecule has 0 aliphatic heterocycles. The first-order valence-electron chi connectivity index (χ1n) is 10.6. The summed E-state index contributed by atoms with van der Waals surface area (Å²) in [4.78, 5) is 20.1. The second-order valence-corrected chi connectivity index (χ2v) is 10.6. The molecule has 0 atom stereocenters. The van der Waals surface area contributed by atoms with Crippen molar-refractivity contribution in [3.05, 3.63) is 22.3 Å². The SMILES string of the molecule is CCN(CC)C(=O)c1sc(-c2cc(S(=O)(=O)NC3CCCCC3)c(C)n2C)nc1C. The number of rotatable bonds is 7. The topological polar surface area (TPSA) is 84.3 Å². The Morgan fingerprint density at radius 1 is 1.23 bits per heavy atom. The molecule has 2 aromatic rings. The number of thiazole rings is 1. The molecular formula is C21H32N4O3S2. The Morgan fingerprint density at radius 2 is 1.87 bits per heavy atom. The van der Waals surface area contributed by atoms with E-state index in [0.717, 1.165) is 25.7 Å². The Hall–Kier alpha value is -1.71. The summed E-state index contributed by atoms with van der Waals surface area (Å²) in [7, 11) is -1.77. The van der Waals surface area contributed by atoms with Gasteiger partial charge in [0.05, 0.1) is 11.4 Å². The Bertz CT molecular complexity index is 1010. The van der Waals surface area contributed by atoms with E-state index in [-0.39, 0.29) is 16.8 Å². The lowest BCUT2D eigenvalue weighted by Gasteiger charge is -2.22. The van der Waals surface area contributed by atoms with Crippen LogP contribution in [-0.2, 0) is 17.1 Å². The number of aromatic nitrogens is 2. The molecule has 1 amide bonds. The molecule has 0 bridgehead atoms. The molecule has 1 aliphatic carbocycles. The van der Waals surface area contributed by atoms with Crippen molar-refractivity contribution in [3.63, 3.8) is 0 Å². The Morgan fingerprint density at radius 3 is 2.47 bits per heavy atom. The van der Waals surface area contributed by atoms with E-state index >= 15 is 0 Å². The second kappa shape index (κ2) is 9.20. The van der Waals surface area contributed by atoms with Crippen LogP contribution in [0.25, 0.3) is 10.7 Å². The van der Waals surface area contributed by atoms with Crippen LogP contribution in [0, 0.1) is 13.8 Å². The van der Waals surface area contributed by atoms with Crippen LogP contribution < -0.4 is 4.72 Å². The summed E-state index contributed by atoms with van der Waals surface area (Å²) in [6.45, 7) is 8.82. The summed E-state index contributed by atoms with van der Waals surface area (Å²) in [5.74, 6) is -0.0287. The number of aryl methyl sites for hydroxylation is 1. The van der Waals surface area contributed by atoms with Gasteiger partial charge in [0.15, 0.2) is 0 Å². The van der Waals surface area contributed by atoms with Crippen LogP contribution in [0.1, 0.15) is 67.0 Å². The van der Waals surface area contributed by atoms with Gasteiger partial charge in [-0.25, -0.2) is 18.1 Å². The van der Waals surface area contributed by atoms with Crippen LogP contribution in [-0.4, -0.2) is 47.9 Å². The maximum atomic E-state index is 13.1. The van der Waals surface area contributed by atoms with E-state index in [2.05, 4.69) is 9.71 Å². The standard InChI is InChI=1S/C21H32N4O3S2/c1-6-25(7-2)21(26)19-14(3)22-20(29-19)17-13-18(15(4)24(17)5)30(27,28)23-16-11-9-8-10-12-16/h13,16,23H,6-12H2,1-5H3. The van der Waals surface area contributed by atoms with E-state index in [1.54, 1.807) is 17.9 Å². The highest BCUT2D eigenvalue weighted by Gasteiger charge is 2.28. The first-order valence-corrected chi connectivity index (χ1v) is 12.9. The Labute approximate surface area is 183 Å². The summed E-state index contributed by atoms with van der Waals surface area (Å²) in [5, 5.41) is 0.660. The zero-order valence-corrected chi connectivity index (χ0v) is 20.1. The van der Waals surface area contributed by atoms with Gasteiger partial charge in [0.25, 0.3) is 5.91 Å². The van der Waals surface area contributed by atoms with Gasteiger partial charge in [-0.15, -0.1) is 11.3 Å². The number of nitrogens with one attached hydrogen (secondary N) is 1. The van der Waals surface area contributed by atoms with Crippen LogP contribution in [0.3, 0.4) is 0 Å². The number of carbonyl (C=O) groups excluding carboxylic acids is 1. The van der Waals surface area contributed by atoms with Crippen molar-refractivity contribution in [1.29, 1.82) is 0 Å². The van der Waals surface area contributed by atoms with E-state index in [0.29, 0.717) is 40.1 Å². The lowest BCUT2D eigenvalue weighted by atomic mass is 9.96. The quantitative estimate of drug-likeness (QED) is 0.691. The third-order valence-electron chi connectivity index (χ3n) is 5.97. The number of nitrogens with zero attached hydrogens (tertiary/aromatic N) is 3. The van der Waals surface area contributed by atoms with Gasteiger partial charge >= 0.3 is 0 Å². The van der Waals surface area contributed by atoms with E-state index in [4.69, 9.17) is 0 Å². The molecule has 0 spiro atoms. The van der Waals surface area contributed by atoms with E-state index < -0.39 is 10.0 Å². The maximum absolute atomic E-state index is 13.1. The van der Waals surface area contributed by atoms with Crippen LogP contribution in [0.2, 0.25) is 0 Å². The number of amides is 1. The minimum atomic E-state index is -3.61. The molecule has 1 fully saturated rings. The van der Waals surface area contributed by atoms with Gasteiger partial charge < -0.3 is 9.47 Å². The Kier molecular flexibility index (Phi) is 7.04. The molecule has 7 nitrogen and oxygen atoms in total. The van der Waals surface area contributed by atoms with Crippen molar-refractivity contribution in [1.82, 2.24) is 19.2 Å². The minimum absolute atomic E-state index is 0.00667. The van der Waals surface area contributed by atoms with Crippen molar-refractivity contribution in [2.75, 3.05) is 13.1 Å². The van der Waals surface area contributed by atoms with Gasteiger partial charge in [0, 0.05) is 31.9 Å². The minimum Gasteiger partial charge on any atom is -0.345 e. The number of hydrogen-bond acceptors (Lipinski definition) is 5. The number of sulfonamides is 1. The van der Waals surface area contributed by atoms with Crippen molar-refractivity contribution >= 4 is 27.3 Å². The van der Waals surface area contributed by atoms with Crippen LogP contribution in [0.5, 0.6) is 0 Å². The first kappa shape index (κ1) is 23.0. The monoisotopic (exact) mass is 452 g/mol. The normalized spacial score (nSPS) is 15.5. The zero-order valence-electron chi connectivity index (χ0n) is 18.5. The molecule has 0 radical (unpaired) electrons. The van der Waals surface area contributed by atoms with Crippen molar-refractivity contribution in [3.8, 4) is 10.7 Å². The van der Waals surface area contributed by atoms with Gasteiger partial charge in [-0.1, -0.05) is 19.3 Å². The number of hydrogen-bond donors (Lipinski definition) is 1. The molecule has 3 rings (SSSR count). The van der Waals surface area contributed by atoms with Gasteiger partial charge in [0.2, 0.25) is 10.0 Å². The third-order valence-corrected chi connectivity index (χ3v) is 8.77. The lowest BCUT2D eigenvalue weighted by molar-refractivity contribution is 0.0777. The Balaban J connectivity index is 1.93. The first-order chi connectivity index (χ1) is 14.2. The number of carbonyl (C=O) groups is 1. The van der Waals surface area contributed by atoms with E-state index in [1.807, 2.05) is 32.4 Å². The smallest absolute Gasteiger partial charge is 0.265 e. The van der Waals surface area contributed by atoms with Gasteiger partial charge in [-0.05, 0) is 46.6 Å². The van der Waals surface area contributed by atoms with Gasteiger partial charge in [-0.2, -0.15) is 0 Å². The van der Waals surface area contributed by atoms with Crippen LogP contribution >= 0.6 is 11.3 Å².